The summed E-state index contributed by atoms with van der Waals surface area (Å²) in [5, 5.41) is 9.84. The summed E-state index contributed by atoms with van der Waals surface area (Å²) in [5.74, 6) is -0.238. The molecule has 1 amide bonds. The van der Waals surface area contributed by atoms with Crippen LogP contribution < -0.4 is 11.1 Å². The zero-order valence-electron chi connectivity index (χ0n) is 9.87. The van der Waals surface area contributed by atoms with Crippen molar-refractivity contribution in [3.63, 3.8) is 0 Å². The largest absolute Gasteiger partial charge is 0.381 e. The third kappa shape index (κ3) is 2.46. The van der Waals surface area contributed by atoms with Crippen LogP contribution in [0.1, 0.15) is 26.1 Å². The zero-order valence-corrected chi connectivity index (χ0v) is 11.4. The number of carbonyl (C=O) groups is 1. The molecule has 96 valence electrons. The number of anilines is 1. The molecule has 2 rings (SSSR count). The van der Waals surface area contributed by atoms with Crippen LogP contribution in [0.15, 0.2) is 0 Å². The van der Waals surface area contributed by atoms with Crippen molar-refractivity contribution in [1.82, 2.24) is 20.5 Å². The molecule has 0 fully saturated rings. The number of aryl methyl sites for hydroxylation is 2. The maximum atomic E-state index is 11.8. The number of aromatic amines is 1. The molecule has 0 spiro atoms. The first-order valence-electron chi connectivity index (χ1n) is 5.19. The van der Waals surface area contributed by atoms with Crippen LogP contribution in [0.4, 0.5) is 5.82 Å². The smallest absolute Gasteiger partial charge is 0.271 e. The monoisotopic (exact) mass is 285 g/mol. The van der Waals surface area contributed by atoms with Gasteiger partial charge in [-0.05, 0) is 13.8 Å². The number of hydrogen-bond donors (Lipinski definition) is 3. The van der Waals surface area contributed by atoms with Crippen molar-refractivity contribution in [3.05, 3.63) is 26.3 Å². The number of aromatic nitrogens is 3. The van der Waals surface area contributed by atoms with Gasteiger partial charge in [-0.15, -0.1) is 11.3 Å². The molecule has 0 atom stereocenters. The second-order valence-corrected chi connectivity index (χ2v) is 5.40. The lowest BCUT2D eigenvalue weighted by molar-refractivity contribution is 0.0946. The van der Waals surface area contributed by atoms with Crippen LogP contribution in [0.5, 0.6) is 0 Å². The molecule has 18 heavy (non-hydrogen) atoms. The average molecular weight is 286 g/mol. The number of rotatable bonds is 3. The number of nitrogen functional groups attached to an aromatic ring is 1. The molecule has 2 aromatic rings. The number of H-pyrrole nitrogens is 1. The number of thiazole rings is 1. The third-order valence-electron chi connectivity index (χ3n) is 2.43. The third-order valence-corrected chi connectivity index (χ3v) is 3.89. The fourth-order valence-corrected chi connectivity index (χ4v) is 2.40. The molecule has 4 N–H and O–H groups in total. The molecule has 0 aliphatic rings. The maximum absolute atomic E-state index is 11.8. The van der Waals surface area contributed by atoms with Crippen molar-refractivity contribution < 1.29 is 4.79 Å². The van der Waals surface area contributed by atoms with E-state index in [0.29, 0.717) is 6.54 Å². The summed E-state index contributed by atoms with van der Waals surface area (Å²) < 4.78 is 0. The standard InChI is InChI=1S/C10H12ClN5OS/c1-4-5(2)18-6(14-4)3-13-10(17)8-7(11)9(12)16-15-8/h3H2,1-2H3,(H,13,17)(H3,12,15,16). The van der Waals surface area contributed by atoms with Gasteiger partial charge in [0.1, 0.15) is 15.7 Å². The van der Waals surface area contributed by atoms with Gasteiger partial charge in [0, 0.05) is 4.88 Å². The maximum Gasteiger partial charge on any atom is 0.271 e. The highest BCUT2D eigenvalue weighted by Crippen LogP contribution is 2.20. The zero-order chi connectivity index (χ0) is 13.3. The Morgan fingerprint density at radius 2 is 2.28 bits per heavy atom. The predicted molar refractivity (Wildman–Crippen MR) is 70.8 cm³/mol. The van der Waals surface area contributed by atoms with Crippen LogP contribution in [0.3, 0.4) is 0 Å². The van der Waals surface area contributed by atoms with E-state index in [-0.39, 0.29) is 22.4 Å². The highest BCUT2D eigenvalue weighted by molar-refractivity contribution is 7.11. The Hall–Kier alpha value is -1.60. The Bertz CT molecular complexity index is 572. The summed E-state index contributed by atoms with van der Waals surface area (Å²) in [6.45, 7) is 4.28. The van der Waals surface area contributed by atoms with E-state index in [2.05, 4.69) is 20.5 Å². The lowest BCUT2D eigenvalue weighted by Gasteiger charge is -2.00. The summed E-state index contributed by atoms with van der Waals surface area (Å²) in [6, 6.07) is 0. The first-order valence-corrected chi connectivity index (χ1v) is 6.39. The van der Waals surface area contributed by atoms with E-state index in [4.69, 9.17) is 17.3 Å². The first kappa shape index (κ1) is 12.8. The second kappa shape index (κ2) is 4.95. The van der Waals surface area contributed by atoms with E-state index in [1.165, 1.54) is 0 Å². The van der Waals surface area contributed by atoms with E-state index < -0.39 is 0 Å². The number of amides is 1. The molecule has 2 heterocycles. The lowest BCUT2D eigenvalue weighted by atomic mass is 10.4. The van der Waals surface area contributed by atoms with Crippen LogP contribution in [0, 0.1) is 13.8 Å². The second-order valence-electron chi connectivity index (χ2n) is 3.73. The Morgan fingerprint density at radius 3 is 2.78 bits per heavy atom. The quantitative estimate of drug-likeness (QED) is 0.799. The van der Waals surface area contributed by atoms with Crippen LogP contribution in [-0.4, -0.2) is 21.1 Å². The summed E-state index contributed by atoms with van der Waals surface area (Å²) >= 11 is 7.37. The van der Waals surface area contributed by atoms with Gasteiger partial charge in [-0.2, -0.15) is 5.10 Å². The molecule has 0 aromatic carbocycles. The average Bonchev–Trinajstić information content (AvgIpc) is 2.82. The normalized spacial score (nSPS) is 10.6. The number of nitrogens with zero attached hydrogens (tertiary/aromatic N) is 2. The van der Waals surface area contributed by atoms with Gasteiger partial charge < -0.3 is 11.1 Å². The Labute approximate surface area is 113 Å². The summed E-state index contributed by atoms with van der Waals surface area (Å²) in [6.07, 6.45) is 0. The molecule has 0 radical (unpaired) electrons. The number of halogens is 1. The van der Waals surface area contributed by atoms with Crippen molar-refractivity contribution in [2.75, 3.05) is 5.73 Å². The summed E-state index contributed by atoms with van der Waals surface area (Å²) in [5.41, 5.74) is 6.59. The lowest BCUT2D eigenvalue weighted by Crippen LogP contribution is -2.23. The molecule has 0 aliphatic heterocycles. The fourth-order valence-electron chi connectivity index (χ4n) is 1.35. The molecule has 0 saturated heterocycles. The van der Waals surface area contributed by atoms with Gasteiger partial charge in [-0.1, -0.05) is 11.6 Å². The van der Waals surface area contributed by atoms with Gasteiger partial charge in [0.15, 0.2) is 5.82 Å². The fraction of sp³-hybridized carbons (Fsp3) is 0.300. The van der Waals surface area contributed by atoms with Gasteiger partial charge in [-0.3, -0.25) is 9.89 Å². The SMILES string of the molecule is Cc1nc(CNC(=O)c2[nH]nc(N)c2Cl)sc1C. The predicted octanol–water partition coefficient (Wildman–Crippen LogP) is 1.65. The highest BCUT2D eigenvalue weighted by Gasteiger charge is 2.16. The number of nitrogens with two attached hydrogens (primary N) is 1. The van der Waals surface area contributed by atoms with E-state index in [1.807, 2.05) is 13.8 Å². The molecule has 0 aliphatic carbocycles. The molecule has 0 unspecified atom stereocenters. The molecular formula is C10H12ClN5OS. The van der Waals surface area contributed by atoms with Crippen molar-refractivity contribution in [2.24, 2.45) is 0 Å². The van der Waals surface area contributed by atoms with Crippen molar-refractivity contribution in [2.45, 2.75) is 20.4 Å². The molecule has 0 saturated carbocycles. The molecule has 8 heteroatoms. The molecule has 6 nitrogen and oxygen atoms in total. The van der Waals surface area contributed by atoms with Crippen LogP contribution in [-0.2, 0) is 6.54 Å². The van der Waals surface area contributed by atoms with Crippen LogP contribution in [0.25, 0.3) is 0 Å². The molecular weight excluding hydrogens is 274 g/mol. The van der Waals surface area contributed by atoms with Gasteiger partial charge in [0.2, 0.25) is 0 Å². The van der Waals surface area contributed by atoms with Crippen LogP contribution >= 0.6 is 22.9 Å². The minimum Gasteiger partial charge on any atom is -0.381 e. The van der Waals surface area contributed by atoms with Gasteiger partial charge in [0.25, 0.3) is 5.91 Å². The number of hydrogen-bond acceptors (Lipinski definition) is 5. The van der Waals surface area contributed by atoms with E-state index in [9.17, 15) is 4.79 Å². The van der Waals surface area contributed by atoms with Crippen molar-refractivity contribution in [1.29, 1.82) is 0 Å². The van der Waals surface area contributed by atoms with E-state index in [0.717, 1.165) is 15.6 Å². The molecule has 2 aromatic heterocycles. The van der Waals surface area contributed by atoms with Gasteiger partial charge >= 0.3 is 0 Å². The first-order chi connectivity index (χ1) is 8.49. The van der Waals surface area contributed by atoms with Gasteiger partial charge in [0.05, 0.1) is 12.2 Å². The Kier molecular flexibility index (Phi) is 3.53. The topological polar surface area (TPSA) is 96.7 Å². The Morgan fingerprint density at radius 1 is 1.56 bits per heavy atom. The summed E-state index contributed by atoms with van der Waals surface area (Å²) in [7, 11) is 0. The number of nitrogens with one attached hydrogen (secondary N) is 2. The Balaban J connectivity index is 2.02. The van der Waals surface area contributed by atoms with Crippen molar-refractivity contribution in [3.8, 4) is 0 Å². The number of carbonyl (C=O) groups excluding carboxylic acids is 1. The van der Waals surface area contributed by atoms with E-state index in [1.54, 1.807) is 11.3 Å². The van der Waals surface area contributed by atoms with Crippen molar-refractivity contribution >= 4 is 34.7 Å². The minimum atomic E-state index is -0.352. The van der Waals surface area contributed by atoms with Gasteiger partial charge in [-0.25, -0.2) is 4.98 Å². The summed E-state index contributed by atoms with van der Waals surface area (Å²) in [4.78, 5) is 17.3. The highest BCUT2D eigenvalue weighted by atomic mass is 35.5. The minimum absolute atomic E-state index is 0.114. The molecule has 0 bridgehead atoms. The van der Waals surface area contributed by atoms with Crippen LogP contribution in [0.2, 0.25) is 5.02 Å². The van der Waals surface area contributed by atoms with E-state index >= 15 is 0 Å².